The minimum absolute atomic E-state index is 0.0871. The van der Waals surface area contributed by atoms with E-state index in [2.05, 4.69) is 20.8 Å². The number of hydrogen-bond acceptors (Lipinski definition) is 4. The molecule has 0 bridgehead atoms. The number of halogens is 4. The van der Waals surface area contributed by atoms with Crippen molar-refractivity contribution < 1.29 is 22.8 Å². The third kappa shape index (κ3) is 4.56. The molecule has 0 aromatic carbocycles. The molecule has 0 saturated carbocycles. The summed E-state index contributed by atoms with van der Waals surface area (Å²) in [4.78, 5) is 32.3. The summed E-state index contributed by atoms with van der Waals surface area (Å²) in [7, 11) is 0. The van der Waals surface area contributed by atoms with E-state index < -0.39 is 17.6 Å². The predicted molar refractivity (Wildman–Crippen MR) is 95.6 cm³/mol. The van der Waals surface area contributed by atoms with Gasteiger partial charge in [-0.2, -0.15) is 13.2 Å². The zero-order valence-electron chi connectivity index (χ0n) is 14.5. The number of hydrogen-bond donors (Lipinski definition) is 3. The Morgan fingerprint density at radius 1 is 1.25 bits per heavy atom. The zero-order chi connectivity index (χ0) is 20.3. The Bertz CT molecular complexity index is 849. The second kappa shape index (κ2) is 8.09. The first-order chi connectivity index (χ1) is 13.3. The standard InChI is InChI=1S/C17H17ClF3N5O2/c18-12-8-11(17(19,20)21)9-23-14(12)26-6-3-10(4-7-26)15(27)24-25-16(28)13-2-1-5-22-13/h1-2,5,8-10,22H,3-4,6-7H2,(H,24,27)(H,25,28). The van der Waals surface area contributed by atoms with Crippen LogP contribution >= 0.6 is 11.6 Å². The molecule has 0 radical (unpaired) electrons. The van der Waals surface area contributed by atoms with Crippen LogP contribution in [0, 0.1) is 5.92 Å². The van der Waals surface area contributed by atoms with E-state index in [1.165, 1.54) is 0 Å². The molecule has 3 N–H and O–H groups in total. The summed E-state index contributed by atoms with van der Waals surface area (Å²) in [6.45, 7) is 0.807. The van der Waals surface area contributed by atoms with E-state index in [0.29, 0.717) is 31.6 Å². The number of carbonyl (C=O) groups is 2. The number of nitrogens with zero attached hydrogens (tertiary/aromatic N) is 2. The first kappa shape index (κ1) is 20.0. The summed E-state index contributed by atoms with van der Waals surface area (Å²) >= 11 is 5.97. The average molecular weight is 416 g/mol. The lowest BCUT2D eigenvalue weighted by Gasteiger charge is -2.32. The van der Waals surface area contributed by atoms with E-state index in [1.807, 2.05) is 0 Å². The fourth-order valence-corrected chi connectivity index (χ4v) is 3.22. The normalized spacial score (nSPS) is 15.4. The molecule has 0 spiro atoms. The highest BCUT2D eigenvalue weighted by molar-refractivity contribution is 6.33. The number of H-pyrrole nitrogens is 1. The van der Waals surface area contributed by atoms with Crippen molar-refractivity contribution in [2.75, 3.05) is 18.0 Å². The fourth-order valence-electron chi connectivity index (χ4n) is 2.93. The molecule has 0 unspecified atom stereocenters. The lowest BCUT2D eigenvalue weighted by Crippen LogP contribution is -2.47. The van der Waals surface area contributed by atoms with Crippen LogP contribution in [0.5, 0.6) is 0 Å². The van der Waals surface area contributed by atoms with Gasteiger partial charge in [-0.25, -0.2) is 4.98 Å². The van der Waals surface area contributed by atoms with Crippen LogP contribution < -0.4 is 15.8 Å². The van der Waals surface area contributed by atoms with Crippen LogP contribution in [0.25, 0.3) is 0 Å². The maximum absolute atomic E-state index is 12.7. The number of anilines is 1. The summed E-state index contributed by atoms with van der Waals surface area (Å²) in [5, 5.41) is -0.0871. The molecule has 3 rings (SSSR count). The van der Waals surface area contributed by atoms with Gasteiger partial charge >= 0.3 is 6.18 Å². The van der Waals surface area contributed by atoms with Crippen molar-refractivity contribution in [2.24, 2.45) is 5.92 Å². The molecule has 11 heteroatoms. The number of pyridine rings is 1. The largest absolute Gasteiger partial charge is 0.417 e. The highest BCUT2D eigenvalue weighted by Crippen LogP contribution is 2.34. The van der Waals surface area contributed by atoms with Gasteiger partial charge in [0, 0.05) is 31.4 Å². The molecule has 150 valence electrons. The predicted octanol–water partition coefficient (Wildman–Crippen LogP) is 2.76. The number of nitrogens with one attached hydrogen (secondary N) is 3. The first-order valence-electron chi connectivity index (χ1n) is 8.47. The fraction of sp³-hybridized carbons (Fsp3) is 0.353. The van der Waals surface area contributed by atoms with Gasteiger partial charge in [0.1, 0.15) is 11.5 Å². The van der Waals surface area contributed by atoms with Gasteiger partial charge in [0.2, 0.25) is 5.91 Å². The molecule has 2 aromatic heterocycles. The monoisotopic (exact) mass is 415 g/mol. The summed E-state index contributed by atoms with van der Waals surface area (Å²) in [5.74, 6) is -0.871. The van der Waals surface area contributed by atoms with Gasteiger partial charge in [-0.1, -0.05) is 11.6 Å². The van der Waals surface area contributed by atoms with Gasteiger partial charge in [-0.15, -0.1) is 0 Å². The maximum Gasteiger partial charge on any atom is 0.417 e. The van der Waals surface area contributed by atoms with Crippen molar-refractivity contribution in [3.05, 3.63) is 46.9 Å². The highest BCUT2D eigenvalue weighted by Gasteiger charge is 2.33. The minimum Gasteiger partial charge on any atom is -0.357 e. The van der Waals surface area contributed by atoms with E-state index in [0.717, 1.165) is 12.3 Å². The van der Waals surface area contributed by atoms with Gasteiger partial charge in [-0.3, -0.25) is 20.4 Å². The molecule has 7 nitrogen and oxygen atoms in total. The number of amides is 2. The van der Waals surface area contributed by atoms with E-state index in [4.69, 9.17) is 11.6 Å². The second-order valence-corrected chi connectivity index (χ2v) is 6.72. The molecular weight excluding hydrogens is 399 g/mol. The van der Waals surface area contributed by atoms with Crippen molar-refractivity contribution in [2.45, 2.75) is 19.0 Å². The first-order valence-corrected chi connectivity index (χ1v) is 8.85. The Kier molecular flexibility index (Phi) is 5.78. The summed E-state index contributed by atoms with van der Waals surface area (Å²) in [6.07, 6.45) is -1.28. The Labute approximate surface area is 163 Å². The van der Waals surface area contributed by atoms with Gasteiger partial charge in [0.05, 0.1) is 10.6 Å². The molecule has 2 aromatic rings. The highest BCUT2D eigenvalue weighted by atomic mass is 35.5. The van der Waals surface area contributed by atoms with Crippen LogP contribution in [0.3, 0.4) is 0 Å². The number of rotatable bonds is 3. The van der Waals surface area contributed by atoms with Crippen LogP contribution in [0.15, 0.2) is 30.6 Å². The second-order valence-electron chi connectivity index (χ2n) is 6.32. The van der Waals surface area contributed by atoms with Crippen molar-refractivity contribution in [1.29, 1.82) is 0 Å². The Hall–Kier alpha value is -2.75. The maximum atomic E-state index is 12.7. The number of carbonyl (C=O) groups excluding carboxylic acids is 2. The Morgan fingerprint density at radius 3 is 2.54 bits per heavy atom. The van der Waals surface area contributed by atoms with Crippen molar-refractivity contribution in [3.8, 4) is 0 Å². The molecule has 1 fully saturated rings. The minimum atomic E-state index is -4.51. The summed E-state index contributed by atoms with van der Waals surface area (Å²) in [5.41, 5.74) is 4.13. The quantitative estimate of drug-likeness (QED) is 0.672. The molecule has 0 atom stereocenters. The van der Waals surface area contributed by atoms with Crippen molar-refractivity contribution in [1.82, 2.24) is 20.8 Å². The van der Waals surface area contributed by atoms with E-state index in [9.17, 15) is 22.8 Å². The van der Waals surface area contributed by atoms with Crippen LogP contribution in [0.4, 0.5) is 19.0 Å². The van der Waals surface area contributed by atoms with Crippen LogP contribution in [0.1, 0.15) is 28.9 Å². The van der Waals surface area contributed by atoms with E-state index >= 15 is 0 Å². The Balaban J connectivity index is 1.53. The topological polar surface area (TPSA) is 90.1 Å². The van der Waals surface area contributed by atoms with Gasteiger partial charge < -0.3 is 9.88 Å². The van der Waals surface area contributed by atoms with Crippen LogP contribution in [-0.4, -0.2) is 34.9 Å². The third-order valence-electron chi connectivity index (χ3n) is 4.46. The third-order valence-corrected chi connectivity index (χ3v) is 4.73. The number of aromatic amines is 1. The zero-order valence-corrected chi connectivity index (χ0v) is 15.3. The van der Waals surface area contributed by atoms with Gasteiger partial charge in [0.25, 0.3) is 5.91 Å². The summed E-state index contributed by atoms with van der Waals surface area (Å²) < 4.78 is 38.1. The lowest BCUT2D eigenvalue weighted by molar-refractivity contribution is -0.137. The van der Waals surface area contributed by atoms with Gasteiger partial charge in [0.15, 0.2) is 0 Å². The molecule has 1 aliphatic heterocycles. The molecule has 1 aliphatic rings. The molecule has 2 amide bonds. The van der Waals surface area contributed by atoms with Crippen molar-refractivity contribution >= 4 is 29.2 Å². The SMILES string of the molecule is O=C(NNC(=O)C1CCN(c2ncc(C(F)(F)F)cc2Cl)CC1)c1ccc[nH]1. The number of aromatic nitrogens is 2. The number of alkyl halides is 3. The smallest absolute Gasteiger partial charge is 0.357 e. The van der Waals surface area contributed by atoms with E-state index in [1.54, 1.807) is 23.2 Å². The Morgan fingerprint density at radius 2 is 1.96 bits per heavy atom. The molecule has 3 heterocycles. The number of piperidine rings is 1. The lowest BCUT2D eigenvalue weighted by atomic mass is 9.96. The van der Waals surface area contributed by atoms with Gasteiger partial charge in [-0.05, 0) is 31.0 Å². The summed E-state index contributed by atoms with van der Waals surface area (Å²) in [6, 6.07) is 4.08. The van der Waals surface area contributed by atoms with Crippen molar-refractivity contribution in [3.63, 3.8) is 0 Å². The van der Waals surface area contributed by atoms with Crippen LogP contribution in [0.2, 0.25) is 5.02 Å². The average Bonchev–Trinajstić information content (AvgIpc) is 3.20. The molecule has 28 heavy (non-hydrogen) atoms. The molecule has 1 saturated heterocycles. The van der Waals surface area contributed by atoms with E-state index in [-0.39, 0.29) is 22.7 Å². The molecule has 0 aliphatic carbocycles. The number of hydrazine groups is 1. The van der Waals surface area contributed by atoms with Crippen LogP contribution in [-0.2, 0) is 11.0 Å². The molecular formula is C17H17ClF3N5O2.